The Hall–Kier alpha value is -1.71. The molecule has 3 N–H and O–H groups in total. The van der Waals surface area contributed by atoms with Gasteiger partial charge in [0, 0.05) is 30.8 Å². The lowest BCUT2D eigenvalue weighted by Gasteiger charge is -2.20. The molecule has 1 amide bonds. The number of guanidine groups is 1. The number of hydrogen-bond donors (Lipinski definition) is 3. The zero-order valence-corrected chi connectivity index (χ0v) is 19.4. The molecule has 158 valence electrons. The molecule has 7 nitrogen and oxygen atoms in total. The Morgan fingerprint density at radius 1 is 1.11 bits per heavy atom. The first-order valence-electron chi connectivity index (χ1n) is 9.73. The number of nitrogens with one attached hydrogen (secondary N) is 3. The first-order valence-corrected chi connectivity index (χ1v) is 9.73. The molecule has 1 aromatic rings. The number of aliphatic imine (C=N–C) groups is 1. The molecule has 1 fully saturated rings. The molecule has 1 aliphatic rings. The van der Waals surface area contributed by atoms with E-state index < -0.39 is 0 Å². The number of rotatable bonds is 8. The lowest BCUT2D eigenvalue weighted by molar-refractivity contribution is -0.125. The monoisotopic (exact) mass is 504 g/mol. The number of carbonyl (C=O) groups is 1. The van der Waals surface area contributed by atoms with Crippen LogP contribution in [0.15, 0.2) is 23.2 Å². The van der Waals surface area contributed by atoms with Gasteiger partial charge >= 0.3 is 0 Å². The maximum atomic E-state index is 12.2. The van der Waals surface area contributed by atoms with E-state index in [2.05, 4.69) is 20.9 Å². The summed E-state index contributed by atoms with van der Waals surface area (Å²) in [6.07, 6.45) is 5.60. The molecule has 0 heterocycles. The number of ether oxygens (including phenoxy) is 2. The van der Waals surface area contributed by atoms with Crippen LogP contribution in [0.2, 0.25) is 0 Å². The van der Waals surface area contributed by atoms with Crippen LogP contribution in [0.25, 0.3) is 0 Å². The molecule has 1 aliphatic carbocycles. The lowest BCUT2D eigenvalue weighted by Crippen LogP contribution is -2.35. The van der Waals surface area contributed by atoms with Crippen LogP contribution in [-0.4, -0.2) is 45.7 Å². The van der Waals surface area contributed by atoms with Gasteiger partial charge in [0.1, 0.15) is 0 Å². The molecule has 28 heavy (non-hydrogen) atoms. The molecular weight excluding hydrogens is 471 g/mol. The predicted molar refractivity (Wildman–Crippen MR) is 124 cm³/mol. The molecule has 0 radical (unpaired) electrons. The van der Waals surface area contributed by atoms with Crippen molar-refractivity contribution in [1.29, 1.82) is 0 Å². The number of carbonyl (C=O) groups excluding carboxylic acids is 1. The van der Waals surface area contributed by atoms with Crippen LogP contribution in [0.5, 0.6) is 11.5 Å². The van der Waals surface area contributed by atoms with E-state index in [0.29, 0.717) is 30.5 Å². The SMILES string of the molecule is CCNC(=NCCNC(=O)C1CCCCC1)Nc1ccc(OC)c(OC)c1.I. The minimum atomic E-state index is 0. The van der Waals surface area contributed by atoms with E-state index >= 15 is 0 Å². The van der Waals surface area contributed by atoms with Gasteiger partial charge < -0.3 is 25.4 Å². The van der Waals surface area contributed by atoms with Gasteiger partial charge in [0.2, 0.25) is 5.91 Å². The second kappa shape index (κ2) is 13.5. The van der Waals surface area contributed by atoms with E-state index in [1.807, 2.05) is 25.1 Å². The Kier molecular flexibility index (Phi) is 11.7. The number of amides is 1. The molecule has 0 aromatic heterocycles. The van der Waals surface area contributed by atoms with Gasteiger partial charge in [-0.2, -0.15) is 0 Å². The average molecular weight is 504 g/mol. The highest BCUT2D eigenvalue weighted by Gasteiger charge is 2.20. The van der Waals surface area contributed by atoms with Crippen LogP contribution in [0, 0.1) is 5.92 Å². The fourth-order valence-corrected chi connectivity index (χ4v) is 3.21. The Balaban J connectivity index is 0.00000392. The zero-order chi connectivity index (χ0) is 19.5. The summed E-state index contributed by atoms with van der Waals surface area (Å²) in [5, 5.41) is 9.46. The van der Waals surface area contributed by atoms with Gasteiger partial charge in [-0.25, -0.2) is 0 Å². The summed E-state index contributed by atoms with van der Waals surface area (Å²) in [6.45, 7) is 3.81. The standard InChI is InChI=1S/C20H32N4O3.HI/c1-4-21-20(24-16-10-11-17(26-2)18(14-16)27-3)23-13-12-22-19(25)15-8-6-5-7-9-15;/h10-11,14-15H,4-9,12-13H2,1-3H3,(H,22,25)(H2,21,23,24);1H. The summed E-state index contributed by atoms with van der Waals surface area (Å²) in [7, 11) is 3.22. The summed E-state index contributed by atoms with van der Waals surface area (Å²) in [6, 6.07) is 5.60. The molecule has 8 heteroatoms. The van der Waals surface area contributed by atoms with Gasteiger partial charge in [0.15, 0.2) is 17.5 Å². The lowest BCUT2D eigenvalue weighted by atomic mass is 9.89. The summed E-state index contributed by atoms with van der Waals surface area (Å²) in [5.41, 5.74) is 0.846. The molecule has 0 unspecified atom stereocenters. The maximum Gasteiger partial charge on any atom is 0.223 e. The minimum absolute atomic E-state index is 0. The Bertz CT molecular complexity index is 634. The molecular formula is C20H33IN4O3. The topological polar surface area (TPSA) is 84.0 Å². The van der Waals surface area contributed by atoms with Gasteiger partial charge in [-0.05, 0) is 31.9 Å². The van der Waals surface area contributed by atoms with Gasteiger partial charge in [-0.15, -0.1) is 24.0 Å². The predicted octanol–water partition coefficient (Wildman–Crippen LogP) is 3.40. The van der Waals surface area contributed by atoms with Crippen molar-refractivity contribution in [2.75, 3.05) is 39.2 Å². The van der Waals surface area contributed by atoms with Gasteiger partial charge in [0.05, 0.1) is 20.8 Å². The summed E-state index contributed by atoms with van der Waals surface area (Å²) in [5.74, 6) is 2.34. The van der Waals surface area contributed by atoms with Gasteiger partial charge in [0.25, 0.3) is 0 Å². The van der Waals surface area contributed by atoms with Crippen molar-refractivity contribution in [3.05, 3.63) is 18.2 Å². The van der Waals surface area contributed by atoms with Crippen molar-refractivity contribution in [2.24, 2.45) is 10.9 Å². The first kappa shape index (κ1) is 24.3. The average Bonchev–Trinajstić information content (AvgIpc) is 2.71. The van der Waals surface area contributed by atoms with Crippen molar-refractivity contribution < 1.29 is 14.3 Å². The summed E-state index contributed by atoms with van der Waals surface area (Å²) in [4.78, 5) is 16.7. The molecule has 0 spiro atoms. The van der Waals surface area contributed by atoms with Crippen molar-refractivity contribution >= 4 is 41.5 Å². The number of anilines is 1. The van der Waals surface area contributed by atoms with Gasteiger partial charge in [-0.3, -0.25) is 9.79 Å². The van der Waals surface area contributed by atoms with Gasteiger partial charge in [-0.1, -0.05) is 19.3 Å². The largest absolute Gasteiger partial charge is 0.493 e. The molecule has 1 saturated carbocycles. The van der Waals surface area contributed by atoms with Crippen LogP contribution >= 0.6 is 24.0 Å². The van der Waals surface area contributed by atoms with Crippen molar-refractivity contribution in [3.63, 3.8) is 0 Å². The third-order valence-corrected chi connectivity index (χ3v) is 4.65. The van der Waals surface area contributed by atoms with Crippen molar-refractivity contribution in [3.8, 4) is 11.5 Å². The zero-order valence-electron chi connectivity index (χ0n) is 17.0. The maximum absolute atomic E-state index is 12.2. The third-order valence-electron chi connectivity index (χ3n) is 4.65. The molecule has 0 atom stereocenters. The van der Waals surface area contributed by atoms with Crippen LogP contribution in [0.1, 0.15) is 39.0 Å². The van der Waals surface area contributed by atoms with E-state index in [1.54, 1.807) is 14.2 Å². The Morgan fingerprint density at radius 2 is 1.82 bits per heavy atom. The fourth-order valence-electron chi connectivity index (χ4n) is 3.21. The van der Waals surface area contributed by atoms with E-state index in [-0.39, 0.29) is 35.8 Å². The number of hydrogen-bond acceptors (Lipinski definition) is 4. The van der Waals surface area contributed by atoms with Crippen molar-refractivity contribution in [1.82, 2.24) is 10.6 Å². The van der Waals surface area contributed by atoms with Crippen LogP contribution in [0.3, 0.4) is 0 Å². The Labute approximate surface area is 185 Å². The molecule has 1 aromatic carbocycles. The fraction of sp³-hybridized carbons (Fsp3) is 0.600. The second-order valence-corrected chi connectivity index (χ2v) is 6.58. The highest BCUT2D eigenvalue weighted by molar-refractivity contribution is 14.0. The molecule has 0 aliphatic heterocycles. The number of nitrogens with zero attached hydrogens (tertiary/aromatic N) is 1. The minimum Gasteiger partial charge on any atom is -0.493 e. The number of halogens is 1. The quantitative estimate of drug-likeness (QED) is 0.219. The third kappa shape index (κ3) is 7.73. The molecule has 0 saturated heterocycles. The molecule has 2 rings (SSSR count). The van der Waals surface area contributed by atoms with Crippen molar-refractivity contribution in [2.45, 2.75) is 39.0 Å². The van der Waals surface area contributed by atoms with E-state index in [0.717, 1.165) is 37.9 Å². The highest BCUT2D eigenvalue weighted by Crippen LogP contribution is 2.29. The Morgan fingerprint density at radius 3 is 2.46 bits per heavy atom. The van der Waals surface area contributed by atoms with E-state index in [1.165, 1.54) is 6.42 Å². The highest BCUT2D eigenvalue weighted by atomic mass is 127. The summed E-state index contributed by atoms with van der Waals surface area (Å²) >= 11 is 0. The normalized spacial score (nSPS) is 14.6. The van der Waals surface area contributed by atoms with E-state index in [9.17, 15) is 4.79 Å². The molecule has 0 bridgehead atoms. The van der Waals surface area contributed by atoms with E-state index in [4.69, 9.17) is 9.47 Å². The smallest absolute Gasteiger partial charge is 0.223 e. The summed E-state index contributed by atoms with van der Waals surface area (Å²) < 4.78 is 10.6. The van der Waals surface area contributed by atoms with Crippen LogP contribution < -0.4 is 25.4 Å². The second-order valence-electron chi connectivity index (χ2n) is 6.58. The number of methoxy groups -OCH3 is 2. The first-order chi connectivity index (χ1) is 13.2. The van der Waals surface area contributed by atoms with Crippen LogP contribution in [0.4, 0.5) is 5.69 Å². The number of benzene rings is 1. The van der Waals surface area contributed by atoms with Crippen LogP contribution in [-0.2, 0) is 4.79 Å².